The van der Waals surface area contributed by atoms with Gasteiger partial charge in [-0.2, -0.15) is 0 Å². The van der Waals surface area contributed by atoms with Gasteiger partial charge in [-0.25, -0.2) is 4.39 Å². The second-order valence-corrected chi connectivity index (χ2v) is 9.72. The lowest BCUT2D eigenvalue weighted by atomic mass is 9.38. The number of hydrogen-bond donors (Lipinski definition) is 1. The zero-order chi connectivity index (χ0) is 22.8. The highest BCUT2D eigenvalue weighted by Gasteiger charge is 2.68. The molecule has 0 spiro atoms. The Morgan fingerprint density at radius 3 is 2.59 bits per heavy atom. The van der Waals surface area contributed by atoms with E-state index in [9.17, 15) is 14.0 Å². The first kappa shape index (κ1) is 23.0. The quantitative estimate of drug-likeness (QED) is 0.454. The molecule has 1 N–H and O–H groups in total. The molecule has 5 rings (SSSR count). The minimum Gasteiger partial charge on any atom is -0.484 e. The van der Waals surface area contributed by atoms with E-state index >= 15 is 0 Å². The van der Waals surface area contributed by atoms with E-state index in [0.717, 1.165) is 30.9 Å². The predicted molar refractivity (Wildman–Crippen MR) is 119 cm³/mol. The molecule has 8 heteroatoms. The van der Waals surface area contributed by atoms with E-state index in [1.807, 2.05) is 18.2 Å². The molecule has 0 aliphatic heterocycles. The maximum absolute atomic E-state index is 13.4. The van der Waals surface area contributed by atoms with Crippen molar-refractivity contribution < 1.29 is 23.5 Å². The molecule has 0 aromatic heterocycles. The van der Waals surface area contributed by atoms with Gasteiger partial charge in [0.2, 0.25) is 0 Å². The largest absolute Gasteiger partial charge is 0.484 e. The molecule has 0 saturated heterocycles. The first-order valence-electron chi connectivity index (χ1n) is 10.5. The smallest absolute Gasteiger partial charge is 0.258 e. The molecular weight excluding hydrogens is 456 g/mol. The average molecular weight is 480 g/mol. The zero-order valence-corrected chi connectivity index (χ0v) is 19.0. The van der Waals surface area contributed by atoms with Crippen LogP contribution < -0.4 is 10.1 Å². The lowest BCUT2D eigenvalue weighted by Crippen LogP contribution is -2.75. The maximum atomic E-state index is 13.4. The molecule has 2 bridgehead atoms. The van der Waals surface area contributed by atoms with E-state index in [4.69, 9.17) is 32.7 Å². The van der Waals surface area contributed by atoms with Crippen molar-refractivity contribution in [3.8, 4) is 5.75 Å². The summed E-state index contributed by atoms with van der Waals surface area (Å²) < 4.78 is 24.4. The van der Waals surface area contributed by atoms with Crippen molar-refractivity contribution >= 4 is 34.9 Å². The van der Waals surface area contributed by atoms with E-state index in [1.165, 1.54) is 12.1 Å². The number of carbonyl (C=O) groups excluding carboxylic acids is 2. The van der Waals surface area contributed by atoms with Crippen molar-refractivity contribution in [1.82, 2.24) is 5.32 Å². The summed E-state index contributed by atoms with van der Waals surface area (Å²) in [4.78, 5) is 24.5. The van der Waals surface area contributed by atoms with E-state index < -0.39 is 5.82 Å². The fourth-order valence-corrected chi connectivity index (χ4v) is 5.21. The van der Waals surface area contributed by atoms with Crippen LogP contribution in [0.1, 0.15) is 37.7 Å². The van der Waals surface area contributed by atoms with Crippen LogP contribution in [0.2, 0.25) is 10.0 Å². The third kappa shape index (κ3) is 5.42. The Labute approximate surface area is 196 Å². The molecule has 3 fully saturated rings. The van der Waals surface area contributed by atoms with Crippen molar-refractivity contribution in [1.29, 1.82) is 0 Å². The van der Waals surface area contributed by atoms with Gasteiger partial charge in [-0.1, -0.05) is 35.3 Å². The Morgan fingerprint density at radius 1 is 1.09 bits per heavy atom. The third-order valence-electron chi connectivity index (χ3n) is 6.06. The van der Waals surface area contributed by atoms with Gasteiger partial charge in [-0.05, 0) is 54.5 Å². The molecule has 0 heterocycles. The Hall–Kier alpha value is -2.15. The number of Topliss-reactive ketones (excluding diaryl/α,β-unsaturated/α-hetero) is 1. The van der Waals surface area contributed by atoms with Crippen LogP contribution in [0.15, 0.2) is 42.5 Å². The number of amides is 1. The van der Waals surface area contributed by atoms with Crippen molar-refractivity contribution in [3.63, 3.8) is 0 Å². The minimum absolute atomic E-state index is 0.00295. The molecule has 0 atom stereocenters. The number of halogens is 3. The van der Waals surface area contributed by atoms with E-state index in [1.54, 1.807) is 6.07 Å². The van der Waals surface area contributed by atoms with Gasteiger partial charge < -0.3 is 14.8 Å². The van der Waals surface area contributed by atoms with Crippen molar-refractivity contribution in [3.05, 3.63) is 63.9 Å². The van der Waals surface area contributed by atoms with E-state index in [2.05, 4.69) is 5.32 Å². The van der Waals surface area contributed by atoms with E-state index in [0.29, 0.717) is 31.1 Å². The molecule has 5 nitrogen and oxygen atoms in total. The Bertz CT molecular complexity index is 1010. The molecule has 2 aromatic rings. The molecule has 170 valence electrons. The highest BCUT2D eigenvalue weighted by molar-refractivity contribution is 6.31. The van der Waals surface area contributed by atoms with Crippen molar-refractivity contribution in [2.75, 3.05) is 13.2 Å². The van der Waals surface area contributed by atoms with Gasteiger partial charge in [-0.15, -0.1) is 0 Å². The second kappa shape index (κ2) is 9.38. The molecule has 3 aliphatic carbocycles. The van der Waals surface area contributed by atoms with Crippen LogP contribution in [-0.2, 0) is 20.9 Å². The fraction of sp³-hybridized carbons (Fsp3) is 0.417. The number of benzene rings is 2. The normalized spacial score (nSPS) is 23.1. The molecular formula is C24H24Cl2FNO4. The number of hydrogen-bond acceptors (Lipinski definition) is 4. The monoisotopic (exact) mass is 479 g/mol. The summed E-state index contributed by atoms with van der Waals surface area (Å²) in [5.41, 5.74) is 0.763. The van der Waals surface area contributed by atoms with Crippen molar-refractivity contribution in [2.45, 2.75) is 44.2 Å². The van der Waals surface area contributed by atoms with Crippen LogP contribution in [0.25, 0.3) is 0 Å². The molecule has 32 heavy (non-hydrogen) atoms. The summed E-state index contributed by atoms with van der Waals surface area (Å²) in [5, 5.41) is 3.66. The van der Waals surface area contributed by atoms with Crippen LogP contribution in [-0.4, -0.2) is 30.4 Å². The Morgan fingerprint density at radius 2 is 1.88 bits per heavy atom. The summed E-state index contributed by atoms with van der Waals surface area (Å²) in [6.07, 6.45) is 3.31. The molecule has 0 unspecified atom stereocenters. The summed E-state index contributed by atoms with van der Waals surface area (Å²) in [6, 6.07) is 11.5. The second-order valence-electron chi connectivity index (χ2n) is 8.87. The number of ether oxygens (including phenoxy) is 2. The van der Waals surface area contributed by atoms with Gasteiger partial charge in [0.05, 0.1) is 18.2 Å². The lowest BCUT2D eigenvalue weighted by molar-refractivity contribution is -0.173. The summed E-state index contributed by atoms with van der Waals surface area (Å²) >= 11 is 11.6. The standard InChI is InChI=1S/C24H24Cl2FNO4/c25-17-3-1-2-16(8-17)11-31-7-6-18(29)10-23-13-24(14-23,15-23)28-22(30)12-32-19-4-5-20(26)21(27)9-19/h1-5,8-9H,6-7,10-15H2,(H,28,30). The Kier molecular flexibility index (Phi) is 6.75. The SMILES string of the molecule is O=C(CCOCc1cccc(Cl)c1)CC12CC(NC(=O)COc3ccc(Cl)c(F)c3)(C1)C2. The van der Waals surface area contributed by atoms with Crippen LogP contribution in [0.5, 0.6) is 5.75 Å². The molecule has 3 saturated carbocycles. The van der Waals surface area contributed by atoms with E-state index in [-0.39, 0.29) is 40.0 Å². The maximum Gasteiger partial charge on any atom is 0.258 e. The number of carbonyl (C=O) groups is 2. The highest BCUT2D eigenvalue weighted by Crippen LogP contribution is 2.69. The number of nitrogens with one attached hydrogen (secondary N) is 1. The van der Waals surface area contributed by atoms with Crippen LogP contribution in [0.3, 0.4) is 0 Å². The molecule has 1 amide bonds. The first-order valence-corrected chi connectivity index (χ1v) is 11.2. The number of ketones is 1. The number of rotatable bonds is 11. The van der Waals surface area contributed by atoms with Gasteiger partial charge in [0, 0.05) is 29.5 Å². The van der Waals surface area contributed by atoms with Gasteiger partial charge in [-0.3, -0.25) is 9.59 Å². The lowest BCUT2D eigenvalue weighted by Gasteiger charge is -2.70. The minimum atomic E-state index is -0.592. The summed E-state index contributed by atoms with van der Waals surface area (Å²) in [5.74, 6) is -0.414. The van der Waals surface area contributed by atoms with Crippen LogP contribution in [0.4, 0.5) is 4.39 Å². The zero-order valence-electron chi connectivity index (χ0n) is 17.5. The third-order valence-corrected chi connectivity index (χ3v) is 6.60. The molecule has 0 radical (unpaired) electrons. The van der Waals surface area contributed by atoms with Crippen LogP contribution in [0, 0.1) is 11.2 Å². The summed E-state index contributed by atoms with van der Waals surface area (Å²) in [6.45, 7) is 0.615. The predicted octanol–water partition coefficient (Wildman–Crippen LogP) is 5.12. The average Bonchev–Trinajstić information content (AvgIpc) is 2.70. The molecule has 3 aliphatic rings. The topological polar surface area (TPSA) is 64.6 Å². The highest BCUT2D eigenvalue weighted by atomic mass is 35.5. The first-order chi connectivity index (χ1) is 15.3. The molecule has 2 aromatic carbocycles. The fourth-order valence-electron chi connectivity index (χ4n) is 4.88. The van der Waals surface area contributed by atoms with Gasteiger partial charge in [0.15, 0.2) is 6.61 Å². The van der Waals surface area contributed by atoms with Crippen LogP contribution >= 0.6 is 23.2 Å². The summed E-state index contributed by atoms with van der Waals surface area (Å²) in [7, 11) is 0. The Balaban J connectivity index is 1.11. The van der Waals surface area contributed by atoms with Gasteiger partial charge >= 0.3 is 0 Å². The van der Waals surface area contributed by atoms with Gasteiger partial charge in [0.1, 0.15) is 17.3 Å². The van der Waals surface area contributed by atoms with Crippen molar-refractivity contribution in [2.24, 2.45) is 5.41 Å². The van der Waals surface area contributed by atoms with Gasteiger partial charge in [0.25, 0.3) is 5.91 Å².